The lowest BCUT2D eigenvalue weighted by Crippen LogP contribution is -2.32. The molecule has 0 fully saturated rings. The van der Waals surface area contributed by atoms with Crippen molar-refractivity contribution in [2.45, 2.75) is 148 Å². The largest absolute Gasteiger partial charge is 0.490 e. The molecule has 10 heteroatoms. The second-order valence-corrected chi connectivity index (χ2v) is 13.2. The van der Waals surface area contributed by atoms with Crippen molar-refractivity contribution in [2.24, 2.45) is 4.99 Å². The fourth-order valence-corrected chi connectivity index (χ4v) is 6.29. The molecule has 0 amide bonds. The first-order valence-corrected chi connectivity index (χ1v) is 18.9. The molecular formula is C39H60N8O2. The molecule has 1 unspecified atom stereocenters. The highest BCUT2D eigenvalue weighted by Gasteiger charge is 2.30. The summed E-state index contributed by atoms with van der Waals surface area (Å²) in [5.74, 6) is 1.92. The molecule has 49 heavy (non-hydrogen) atoms. The fraction of sp³-hybridized carbons (Fsp3) is 0.641. The number of pyridine rings is 1. The van der Waals surface area contributed by atoms with Crippen LogP contribution in [0.25, 0.3) is 0 Å². The van der Waals surface area contributed by atoms with Crippen molar-refractivity contribution in [3.05, 3.63) is 34.9 Å². The highest BCUT2D eigenvalue weighted by molar-refractivity contribution is 5.98. The third-order valence-electron chi connectivity index (χ3n) is 9.15. The Hall–Kier alpha value is -4.18. The quantitative estimate of drug-likeness (QED) is 0.0456. The Bertz CT molecular complexity index is 1380. The lowest BCUT2D eigenvalue weighted by Gasteiger charge is -2.26. The zero-order valence-corrected chi connectivity index (χ0v) is 30.1. The van der Waals surface area contributed by atoms with E-state index in [9.17, 15) is 10.5 Å². The van der Waals surface area contributed by atoms with Crippen LogP contribution in [0, 0.1) is 22.8 Å². The highest BCUT2D eigenvalue weighted by Crippen LogP contribution is 2.42. The third kappa shape index (κ3) is 13.3. The van der Waals surface area contributed by atoms with Crippen LogP contribution in [0.15, 0.2) is 23.2 Å². The first-order valence-electron chi connectivity index (χ1n) is 18.9. The van der Waals surface area contributed by atoms with E-state index in [1.165, 1.54) is 103 Å². The minimum absolute atomic E-state index is 0.0134. The van der Waals surface area contributed by atoms with Gasteiger partial charge in [-0.2, -0.15) is 10.5 Å². The van der Waals surface area contributed by atoms with Gasteiger partial charge in [-0.05, 0) is 30.5 Å². The van der Waals surface area contributed by atoms with Gasteiger partial charge in [-0.1, -0.05) is 135 Å². The van der Waals surface area contributed by atoms with Gasteiger partial charge in [0.25, 0.3) is 0 Å². The predicted octanol–water partition coefficient (Wildman–Crippen LogP) is 9.66. The number of rotatable bonds is 25. The first-order chi connectivity index (χ1) is 24.0. The van der Waals surface area contributed by atoms with Gasteiger partial charge in [-0.15, -0.1) is 0 Å². The number of anilines is 3. The van der Waals surface area contributed by atoms with Crippen LogP contribution in [0.2, 0.25) is 0 Å². The SMILES string of the molecule is CCCCCCCCCCCCOc1ccc(C2N=C(NC#N)Nc3nc(N)c(C#N)c(N)c32)cc1OCCCCCCCCCCCC. The number of nitrogens with zero attached hydrogens (tertiary/aromatic N) is 4. The number of ether oxygens (including phenoxy) is 2. The van der Waals surface area contributed by atoms with Crippen molar-refractivity contribution in [1.82, 2.24) is 10.3 Å². The van der Waals surface area contributed by atoms with Crippen LogP contribution in [0.5, 0.6) is 11.5 Å². The Balaban J connectivity index is 1.66. The number of fused-ring (bicyclic) bond motifs is 1. The first kappa shape index (κ1) is 39.3. The fourth-order valence-electron chi connectivity index (χ4n) is 6.29. The van der Waals surface area contributed by atoms with Crippen LogP contribution in [0.1, 0.15) is 165 Å². The summed E-state index contributed by atoms with van der Waals surface area (Å²) in [5.41, 5.74) is 14.1. The summed E-state index contributed by atoms with van der Waals surface area (Å²) in [4.78, 5) is 9.09. The van der Waals surface area contributed by atoms with E-state index in [0.29, 0.717) is 36.1 Å². The molecule has 10 nitrogen and oxygen atoms in total. The van der Waals surface area contributed by atoms with Gasteiger partial charge in [0.2, 0.25) is 5.96 Å². The Morgan fingerprint density at radius 1 is 0.735 bits per heavy atom. The summed E-state index contributed by atoms with van der Waals surface area (Å²) in [6, 6.07) is 7.18. The Kier molecular flexibility index (Phi) is 18.6. The summed E-state index contributed by atoms with van der Waals surface area (Å²) in [5, 5.41) is 24.5. The lowest BCUT2D eigenvalue weighted by molar-refractivity contribution is 0.258. The zero-order valence-electron chi connectivity index (χ0n) is 30.1. The van der Waals surface area contributed by atoms with E-state index in [1.807, 2.05) is 24.4 Å². The number of hydrogen-bond donors (Lipinski definition) is 4. The van der Waals surface area contributed by atoms with Gasteiger partial charge in [-0.25, -0.2) is 9.98 Å². The second-order valence-electron chi connectivity index (χ2n) is 13.2. The van der Waals surface area contributed by atoms with E-state index in [4.69, 9.17) is 25.9 Å². The summed E-state index contributed by atoms with van der Waals surface area (Å²) < 4.78 is 12.7. The number of benzene rings is 1. The number of unbranched alkanes of at least 4 members (excludes halogenated alkanes) is 18. The molecule has 1 aromatic heterocycles. The molecule has 2 heterocycles. The summed E-state index contributed by atoms with van der Waals surface area (Å²) in [6.45, 7) is 5.72. The van der Waals surface area contributed by atoms with E-state index in [0.717, 1.165) is 31.2 Å². The molecule has 6 N–H and O–H groups in total. The van der Waals surface area contributed by atoms with Crippen molar-refractivity contribution in [1.29, 1.82) is 10.5 Å². The van der Waals surface area contributed by atoms with E-state index in [-0.39, 0.29) is 23.0 Å². The number of nitrogens with one attached hydrogen (secondary N) is 2. The monoisotopic (exact) mass is 672 g/mol. The average molecular weight is 673 g/mol. The van der Waals surface area contributed by atoms with Crippen molar-refractivity contribution < 1.29 is 9.47 Å². The topological polar surface area (TPSA) is 167 Å². The molecule has 268 valence electrons. The molecule has 3 rings (SSSR count). The second kappa shape index (κ2) is 23.2. The van der Waals surface area contributed by atoms with Gasteiger partial charge in [0, 0.05) is 5.56 Å². The number of aromatic nitrogens is 1. The molecule has 1 aliphatic rings. The summed E-state index contributed by atoms with van der Waals surface area (Å²) in [6.07, 6.45) is 27.1. The third-order valence-corrected chi connectivity index (χ3v) is 9.15. The van der Waals surface area contributed by atoms with Gasteiger partial charge >= 0.3 is 0 Å². The van der Waals surface area contributed by atoms with Gasteiger partial charge in [-0.3, -0.25) is 5.32 Å². The molecule has 1 atom stereocenters. The molecule has 1 aromatic carbocycles. The molecule has 0 aliphatic carbocycles. The molecule has 0 spiro atoms. The summed E-state index contributed by atoms with van der Waals surface area (Å²) in [7, 11) is 0. The van der Waals surface area contributed by atoms with Crippen LogP contribution >= 0.6 is 0 Å². The number of guanidine groups is 1. The normalized spacial score (nSPS) is 13.5. The number of nitrogen functional groups attached to an aromatic ring is 2. The molecule has 0 saturated carbocycles. The van der Waals surface area contributed by atoms with E-state index >= 15 is 0 Å². The van der Waals surface area contributed by atoms with Crippen LogP contribution in [-0.4, -0.2) is 24.2 Å². The van der Waals surface area contributed by atoms with Crippen LogP contribution in [0.3, 0.4) is 0 Å². The number of nitrogens with two attached hydrogens (primary N) is 2. The molecule has 0 saturated heterocycles. The average Bonchev–Trinajstić information content (AvgIpc) is 3.09. The predicted molar refractivity (Wildman–Crippen MR) is 201 cm³/mol. The number of aliphatic imine (C=N–C) groups is 1. The van der Waals surface area contributed by atoms with E-state index in [1.54, 1.807) is 0 Å². The van der Waals surface area contributed by atoms with Gasteiger partial charge in [0.1, 0.15) is 29.3 Å². The van der Waals surface area contributed by atoms with Gasteiger partial charge < -0.3 is 26.3 Å². The van der Waals surface area contributed by atoms with E-state index in [2.05, 4.69) is 35.5 Å². The maximum absolute atomic E-state index is 9.71. The number of nitriles is 2. The Labute approximate surface area is 295 Å². The van der Waals surface area contributed by atoms with Crippen molar-refractivity contribution in [3.63, 3.8) is 0 Å². The molecular weight excluding hydrogens is 612 g/mol. The molecule has 0 bridgehead atoms. The van der Waals surface area contributed by atoms with Crippen LogP contribution < -0.4 is 31.6 Å². The van der Waals surface area contributed by atoms with Crippen molar-refractivity contribution in [2.75, 3.05) is 30.0 Å². The minimum Gasteiger partial charge on any atom is -0.490 e. The van der Waals surface area contributed by atoms with E-state index < -0.39 is 6.04 Å². The standard InChI is InChI=1S/C39H60N8O2/c1-3-5-7-9-11-13-15-17-19-21-25-48-32-24-23-30(27-33(32)49-26-22-20-18-16-14-12-10-8-6-4-2)36-34-35(42)31(28-40)37(43)46-38(34)47-39(45-36)44-29-41/h23-24,27,36H,3-22,25-26H2,1-2H3,(H6,42,43,44,45,46,47). The van der Waals surface area contributed by atoms with Crippen LogP contribution in [0.4, 0.5) is 17.3 Å². The van der Waals surface area contributed by atoms with Gasteiger partial charge in [0.15, 0.2) is 17.7 Å². The van der Waals surface area contributed by atoms with Crippen LogP contribution in [-0.2, 0) is 0 Å². The zero-order chi connectivity index (χ0) is 35.1. The Morgan fingerprint density at radius 3 is 1.76 bits per heavy atom. The smallest absolute Gasteiger partial charge is 0.211 e. The van der Waals surface area contributed by atoms with Crippen molar-refractivity contribution >= 4 is 23.3 Å². The molecule has 0 radical (unpaired) electrons. The maximum Gasteiger partial charge on any atom is 0.211 e. The van der Waals surface area contributed by atoms with Crippen molar-refractivity contribution in [3.8, 4) is 23.8 Å². The molecule has 2 aromatic rings. The summed E-state index contributed by atoms with van der Waals surface area (Å²) >= 11 is 0. The lowest BCUT2D eigenvalue weighted by atomic mass is 9.95. The maximum atomic E-state index is 9.71. The molecule has 1 aliphatic heterocycles. The van der Waals surface area contributed by atoms with Gasteiger partial charge in [0.05, 0.1) is 18.9 Å². The highest BCUT2D eigenvalue weighted by atomic mass is 16.5. The minimum atomic E-state index is -0.650. The Morgan fingerprint density at radius 2 is 1.24 bits per heavy atom. The number of hydrogen-bond acceptors (Lipinski definition) is 10.